The summed E-state index contributed by atoms with van der Waals surface area (Å²) in [4.78, 5) is 1.41. The van der Waals surface area contributed by atoms with Crippen LogP contribution in [0.2, 0.25) is 0 Å². The fraction of sp³-hybridized carbons (Fsp3) is 0.444. The van der Waals surface area contributed by atoms with Crippen LogP contribution in [0.4, 0.5) is 0 Å². The second-order valence-corrected chi connectivity index (χ2v) is 6.30. The SMILES string of the molecule is CCCCc1ccc(OCCNCc2sccc2C)cc1. The van der Waals surface area contributed by atoms with Crippen LogP contribution < -0.4 is 10.1 Å². The van der Waals surface area contributed by atoms with Crippen LogP contribution in [0.15, 0.2) is 35.7 Å². The normalized spacial score (nSPS) is 10.8. The molecule has 0 unspecified atom stereocenters. The van der Waals surface area contributed by atoms with Crippen molar-refractivity contribution in [3.63, 3.8) is 0 Å². The van der Waals surface area contributed by atoms with Gasteiger partial charge in [-0.05, 0) is 54.5 Å². The minimum absolute atomic E-state index is 0.707. The predicted molar refractivity (Wildman–Crippen MR) is 91.3 cm³/mol. The summed E-state index contributed by atoms with van der Waals surface area (Å²) >= 11 is 1.81. The quantitative estimate of drug-likeness (QED) is 0.685. The van der Waals surface area contributed by atoms with E-state index in [0.29, 0.717) is 6.61 Å². The first-order valence-electron chi connectivity index (χ1n) is 7.75. The molecule has 0 fully saturated rings. The molecule has 0 spiro atoms. The third-order valence-corrected chi connectivity index (χ3v) is 4.57. The summed E-state index contributed by atoms with van der Waals surface area (Å²) in [6.07, 6.45) is 3.67. The molecule has 1 heterocycles. The van der Waals surface area contributed by atoms with Gasteiger partial charge in [-0.25, -0.2) is 0 Å². The monoisotopic (exact) mass is 303 g/mol. The van der Waals surface area contributed by atoms with E-state index in [2.05, 4.69) is 54.9 Å². The number of unbranched alkanes of at least 4 members (excludes halogenated alkanes) is 1. The van der Waals surface area contributed by atoms with Gasteiger partial charge in [-0.1, -0.05) is 25.5 Å². The highest BCUT2D eigenvalue weighted by Gasteiger charge is 1.99. The number of benzene rings is 1. The number of hydrogen-bond acceptors (Lipinski definition) is 3. The smallest absolute Gasteiger partial charge is 0.119 e. The lowest BCUT2D eigenvalue weighted by molar-refractivity contribution is 0.313. The Bertz CT molecular complexity index is 518. The Kier molecular flexibility index (Phi) is 6.77. The van der Waals surface area contributed by atoms with E-state index in [4.69, 9.17) is 4.74 Å². The molecule has 0 bridgehead atoms. The van der Waals surface area contributed by atoms with Crippen molar-refractivity contribution >= 4 is 11.3 Å². The highest BCUT2D eigenvalue weighted by atomic mass is 32.1. The topological polar surface area (TPSA) is 21.3 Å². The van der Waals surface area contributed by atoms with E-state index in [1.165, 1.54) is 35.3 Å². The minimum atomic E-state index is 0.707. The highest BCUT2D eigenvalue weighted by Crippen LogP contribution is 2.15. The minimum Gasteiger partial charge on any atom is -0.492 e. The molecule has 0 amide bonds. The molecule has 0 atom stereocenters. The highest BCUT2D eigenvalue weighted by molar-refractivity contribution is 7.10. The summed E-state index contributed by atoms with van der Waals surface area (Å²) in [5.41, 5.74) is 2.77. The van der Waals surface area contributed by atoms with Crippen LogP contribution in [-0.2, 0) is 13.0 Å². The van der Waals surface area contributed by atoms with Gasteiger partial charge in [0, 0.05) is 18.0 Å². The van der Waals surface area contributed by atoms with Gasteiger partial charge in [-0.15, -0.1) is 11.3 Å². The van der Waals surface area contributed by atoms with Gasteiger partial charge in [-0.3, -0.25) is 0 Å². The number of ether oxygens (including phenoxy) is 1. The number of rotatable bonds is 9. The van der Waals surface area contributed by atoms with E-state index < -0.39 is 0 Å². The average molecular weight is 303 g/mol. The van der Waals surface area contributed by atoms with Gasteiger partial charge in [0.25, 0.3) is 0 Å². The molecule has 3 heteroatoms. The van der Waals surface area contributed by atoms with Crippen molar-refractivity contribution < 1.29 is 4.74 Å². The van der Waals surface area contributed by atoms with E-state index in [-0.39, 0.29) is 0 Å². The van der Waals surface area contributed by atoms with E-state index >= 15 is 0 Å². The summed E-state index contributed by atoms with van der Waals surface area (Å²) in [5, 5.41) is 5.57. The predicted octanol–water partition coefficient (Wildman–Crippen LogP) is 4.57. The van der Waals surface area contributed by atoms with Crippen molar-refractivity contribution in [2.24, 2.45) is 0 Å². The van der Waals surface area contributed by atoms with Crippen molar-refractivity contribution in [1.29, 1.82) is 0 Å². The summed E-state index contributed by atoms with van der Waals surface area (Å²) in [5.74, 6) is 0.962. The third-order valence-electron chi connectivity index (χ3n) is 3.54. The number of thiophene rings is 1. The molecular weight excluding hydrogens is 278 g/mol. The first kappa shape index (κ1) is 16.1. The molecule has 0 radical (unpaired) electrons. The Hall–Kier alpha value is -1.32. The van der Waals surface area contributed by atoms with Gasteiger partial charge in [0.15, 0.2) is 0 Å². The van der Waals surface area contributed by atoms with E-state index in [0.717, 1.165) is 18.8 Å². The van der Waals surface area contributed by atoms with Crippen LogP contribution in [-0.4, -0.2) is 13.2 Å². The van der Waals surface area contributed by atoms with Crippen LogP contribution >= 0.6 is 11.3 Å². The zero-order valence-corrected chi connectivity index (χ0v) is 13.8. The molecule has 0 saturated heterocycles. The molecule has 0 aliphatic rings. The molecule has 114 valence electrons. The first-order valence-corrected chi connectivity index (χ1v) is 8.63. The lowest BCUT2D eigenvalue weighted by atomic mass is 10.1. The zero-order chi connectivity index (χ0) is 14.9. The number of nitrogens with one attached hydrogen (secondary N) is 1. The second kappa shape index (κ2) is 8.85. The van der Waals surface area contributed by atoms with Gasteiger partial charge in [-0.2, -0.15) is 0 Å². The molecule has 0 aliphatic carbocycles. The maximum Gasteiger partial charge on any atom is 0.119 e. The largest absolute Gasteiger partial charge is 0.492 e. The van der Waals surface area contributed by atoms with Gasteiger partial charge in [0.2, 0.25) is 0 Å². The van der Waals surface area contributed by atoms with Crippen LogP contribution in [0.3, 0.4) is 0 Å². The van der Waals surface area contributed by atoms with Crippen molar-refractivity contribution in [2.75, 3.05) is 13.2 Å². The van der Waals surface area contributed by atoms with Crippen molar-refractivity contribution in [3.8, 4) is 5.75 Å². The second-order valence-electron chi connectivity index (χ2n) is 5.30. The Morgan fingerprint density at radius 3 is 2.62 bits per heavy atom. The van der Waals surface area contributed by atoms with Crippen molar-refractivity contribution in [1.82, 2.24) is 5.32 Å². The zero-order valence-electron chi connectivity index (χ0n) is 13.0. The Labute approximate surface area is 132 Å². The molecule has 2 nitrogen and oxygen atoms in total. The summed E-state index contributed by atoms with van der Waals surface area (Å²) < 4.78 is 5.76. The standard InChI is InChI=1S/C18H25NOS/c1-3-4-5-16-6-8-17(9-7-16)20-12-11-19-14-18-15(2)10-13-21-18/h6-10,13,19H,3-5,11-12,14H2,1-2H3. The Balaban J connectivity index is 1.63. The molecule has 2 rings (SSSR count). The lowest BCUT2D eigenvalue weighted by Gasteiger charge is -2.08. The van der Waals surface area contributed by atoms with Crippen LogP contribution in [0.25, 0.3) is 0 Å². The van der Waals surface area contributed by atoms with Crippen LogP contribution in [0.5, 0.6) is 5.75 Å². The fourth-order valence-electron chi connectivity index (χ4n) is 2.16. The average Bonchev–Trinajstić information content (AvgIpc) is 2.91. The maximum atomic E-state index is 5.76. The maximum absolute atomic E-state index is 5.76. The summed E-state index contributed by atoms with van der Waals surface area (Å²) in [7, 11) is 0. The molecule has 2 aromatic rings. The van der Waals surface area contributed by atoms with E-state index in [1.54, 1.807) is 0 Å². The molecule has 0 aliphatic heterocycles. The Morgan fingerprint density at radius 1 is 1.14 bits per heavy atom. The van der Waals surface area contributed by atoms with Gasteiger partial charge >= 0.3 is 0 Å². The summed E-state index contributed by atoms with van der Waals surface area (Å²) in [6, 6.07) is 10.7. The molecule has 21 heavy (non-hydrogen) atoms. The van der Waals surface area contributed by atoms with Crippen LogP contribution in [0.1, 0.15) is 35.8 Å². The van der Waals surface area contributed by atoms with Crippen LogP contribution in [0, 0.1) is 6.92 Å². The van der Waals surface area contributed by atoms with Gasteiger partial charge in [0.1, 0.15) is 12.4 Å². The molecule has 1 aromatic heterocycles. The first-order chi connectivity index (χ1) is 10.3. The van der Waals surface area contributed by atoms with Crippen molar-refractivity contribution in [3.05, 3.63) is 51.7 Å². The third kappa shape index (κ3) is 5.52. The molecule has 0 saturated carbocycles. The van der Waals surface area contributed by atoms with Gasteiger partial charge < -0.3 is 10.1 Å². The van der Waals surface area contributed by atoms with Gasteiger partial charge in [0.05, 0.1) is 0 Å². The lowest BCUT2D eigenvalue weighted by Crippen LogP contribution is -2.20. The summed E-state index contributed by atoms with van der Waals surface area (Å²) in [6.45, 7) is 6.89. The molecule has 1 aromatic carbocycles. The number of hydrogen-bond donors (Lipinski definition) is 1. The molecule has 1 N–H and O–H groups in total. The number of aryl methyl sites for hydroxylation is 2. The van der Waals surface area contributed by atoms with E-state index in [1.807, 2.05) is 11.3 Å². The Morgan fingerprint density at radius 2 is 1.95 bits per heavy atom. The van der Waals surface area contributed by atoms with Crippen molar-refractivity contribution in [2.45, 2.75) is 39.7 Å². The molecular formula is C18H25NOS. The van der Waals surface area contributed by atoms with E-state index in [9.17, 15) is 0 Å². The fourth-order valence-corrected chi connectivity index (χ4v) is 3.04.